The monoisotopic (exact) mass is 924 g/mol. The topological polar surface area (TPSA) is 55.4 Å². The van der Waals surface area contributed by atoms with Gasteiger partial charge in [-0.05, 0) is 86.2 Å². The predicted molar refractivity (Wildman–Crippen MR) is 223 cm³/mol. The number of anilines is 1. The van der Waals surface area contributed by atoms with Gasteiger partial charge in [-0.15, -0.1) is 9.24 Å². The van der Waals surface area contributed by atoms with Gasteiger partial charge in [0.2, 0.25) is 0 Å². The second kappa shape index (κ2) is 17.0. The quantitative estimate of drug-likeness (QED) is 0.188. The summed E-state index contributed by atoms with van der Waals surface area (Å²) < 4.78 is 32.5. The van der Waals surface area contributed by atoms with Crippen LogP contribution in [0.4, 0.5) is 5.69 Å². The third kappa shape index (κ3) is 9.10. The fourth-order valence-electron chi connectivity index (χ4n) is 8.46. The first-order valence-electron chi connectivity index (χ1n) is 18.5. The molecular weight excluding hydrogens is 869 g/mol. The van der Waals surface area contributed by atoms with Crippen LogP contribution in [0.3, 0.4) is 0 Å². The summed E-state index contributed by atoms with van der Waals surface area (Å²) in [7, 11) is -0.974. The molecule has 3 aliphatic rings. The minimum atomic E-state index is -3.45. The molecule has 0 spiro atoms. The number of fused-ring (bicyclic) bond motifs is 3. The van der Waals surface area contributed by atoms with E-state index in [0.717, 1.165) is 43.5 Å². The van der Waals surface area contributed by atoms with Gasteiger partial charge in [0.15, 0.2) is 0 Å². The summed E-state index contributed by atoms with van der Waals surface area (Å²) in [5, 5.41) is 3.14. The van der Waals surface area contributed by atoms with E-state index in [1.807, 2.05) is 48.5 Å². The molecular formula is C42H55NO3P2PoS+. The van der Waals surface area contributed by atoms with Crippen molar-refractivity contribution in [3.05, 3.63) is 96.1 Å². The first kappa shape index (κ1) is 38.1. The Bertz CT molecular complexity index is 1890. The molecule has 0 bridgehead atoms. The Kier molecular flexibility index (Phi) is 12.9. The maximum atomic E-state index is 11.4. The minimum absolute atomic E-state index is 0.544. The van der Waals surface area contributed by atoms with Gasteiger partial charge in [0.1, 0.15) is 0 Å². The van der Waals surface area contributed by atoms with E-state index in [1.54, 1.807) is 10.9 Å². The standard InChI is InChI=1S/C29H42P2.C12H9N.CH4O3S.Po/c1-20(2)26-18-22(4)19-27(30)29(26)25-15-8-9-16-28(25)31(23-12-6-5-7-13-23)24-14-10-11-21(3)17-24;13-12-9-5-4-8-11(12)10-6-2-1-3-7-10;1-5(2,3)4;/h8-9,15-16,18-21,23-24H,5-7,10-14,17,30H2,1-4H3;1-6,8-9,13H;1H3,(H,2,3,4);/q;-1;;+2/t21-,24?,31?;;;/m0.../s1. The average molecular weight is 925 g/mol. The first-order chi connectivity index (χ1) is 24.0. The summed E-state index contributed by atoms with van der Waals surface area (Å²) in [4.78, 5) is 0. The van der Waals surface area contributed by atoms with Crippen LogP contribution in [0.25, 0.3) is 22.3 Å². The smallest absolute Gasteiger partial charge is 0.0998 e. The van der Waals surface area contributed by atoms with Crippen molar-refractivity contribution in [1.82, 2.24) is 0 Å². The van der Waals surface area contributed by atoms with Crippen molar-refractivity contribution < 1.29 is 10.6 Å². The maximum Gasteiger partial charge on any atom is 0.0998 e. The van der Waals surface area contributed by atoms with Crippen LogP contribution < -0.4 is 17.0 Å². The van der Waals surface area contributed by atoms with Crippen molar-refractivity contribution in [2.75, 3.05) is 9.47 Å². The molecule has 1 heterocycles. The number of nitrogens with one attached hydrogen (secondary N) is 1. The van der Waals surface area contributed by atoms with Crippen LogP contribution in [-0.2, 0) is 12.3 Å². The number of hydrogen-bond donors (Lipinski definition) is 1. The molecule has 4 atom stereocenters. The van der Waals surface area contributed by atoms with E-state index in [-0.39, 0.29) is 0 Å². The number of hydrogen-bond acceptors (Lipinski definition) is 4. The molecule has 4 aromatic rings. The van der Waals surface area contributed by atoms with Gasteiger partial charge in [0.05, 0.1) is 16.6 Å². The van der Waals surface area contributed by atoms with Crippen LogP contribution in [0.5, 0.6) is 0 Å². The molecule has 2 saturated carbocycles. The first-order valence-corrected chi connectivity index (χ1v) is 27.0. The molecule has 2 fully saturated rings. The molecule has 1 aliphatic heterocycles. The Hall–Kier alpha value is -1.65. The van der Waals surface area contributed by atoms with Gasteiger partial charge < -0.3 is 0 Å². The van der Waals surface area contributed by atoms with Gasteiger partial charge in [0, 0.05) is 13.5 Å². The van der Waals surface area contributed by atoms with Crippen molar-refractivity contribution in [1.29, 1.82) is 0 Å². The molecule has 0 amide bonds. The van der Waals surface area contributed by atoms with Crippen LogP contribution >= 0.6 is 17.2 Å². The van der Waals surface area contributed by atoms with E-state index in [4.69, 9.17) is 2.22 Å². The summed E-state index contributed by atoms with van der Waals surface area (Å²) >= 11 is -2.84. The normalized spacial score (nSPS) is 20.2. The van der Waals surface area contributed by atoms with Crippen LogP contribution in [0.15, 0.2) is 84.9 Å². The zero-order valence-corrected chi connectivity index (χ0v) is 36.5. The third-order valence-electron chi connectivity index (χ3n) is 10.6. The molecule has 50 heavy (non-hydrogen) atoms. The Labute approximate surface area is 314 Å². The molecule has 3 unspecified atom stereocenters. The van der Waals surface area contributed by atoms with Crippen molar-refractivity contribution in [2.45, 2.75) is 103 Å². The Morgan fingerprint density at radius 2 is 1.46 bits per heavy atom. The summed E-state index contributed by atoms with van der Waals surface area (Å²) in [5.41, 5.74) is 11.0. The van der Waals surface area contributed by atoms with Gasteiger partial charge in [-0.2, -0.15) is 0 Å². The predicted octanol–water partition coefficient (Wildman–Crippen LogP) is 9.49. The molecule has 2 aliphatic carbocycles. The van der Waals surface area contributed by atoms with E-state index < -0.39 is 40.8 Å². The van der Waals surface area contributed by atoms with Crippen molar-refractivity contribution in [2.24, 2.45) is 5.92 Å². The minimum Gasteiger partial charge on any atom is -0.105 e. The van der Waals surface area contributed by atoms with E-state index in [0.29, 0.717) is 5.92 Å². The second-order valence-electron chi connectivity index (χ2n) is 15.0. The zero-order valence-electron chi connectivity index (χ0n) is 30.4. The van der Waals surface area contributed by atoms with E-state index in [2.05, 4.69) is 76.5 Å². The molecule has 1 radical (unpaired) electrons. The number of benzene rings is 4. The third-order valence-corrected chi connectivity index (χ3v) is 24.3. The van der Waals surface area contributed by atoms with Gasteiger partial charge in [0.25, 0.3) is 0 Å². The molecule has 267 valence electrons. The molecule has 4 aromatic carbocycles. The summed E-state index contributed by atoms with van der Waals surface area (Å²) in [5.74, 6) is 1.46. The number of rotatable bonds is 7. The van der Waals surface area contributed by atoms with Crippen molar-refractivity contribution in [3.63, 3.8) is 0 Å². The van der Waals surface area contributed by atoms with E-state index in [9.17, 15) is 8.42 Å². The van der Waals surface area contributed by atoms with Crippen LogP contribution in [0.1, 0.15) is 95.6 Å². The Morgan fingerprint density at radius 3 is 2.16 bits per heavy atom. The summed E-state index contributed by atoms with van der Waals surface area (Å²) in [6.07, 6.45) is 14.3. The molecule has 8 heteroatoms. The largest absolute Gasteiger partial charge is 0.105 e. The fraction of sp³-hybridized carbons (Fsp3) is 0.429. The van der Waals surface area contributed by atoms with E-state index in [1.165, 1.54) is 79.8 Å². The fourth-order valence-corrected chi connectivity index (χ4v) is 22.2. The van der Waals surface area contributed by atoms with Crippen LogP contribution in [-0.4, -0.2) is 48.8 Å². The summed E-state index contributed by atoms with van der Waals surface area (Å²) in [6, 6.07) is 30.2. The number of aryl methyl sites for hydroxylation is 1. The van der Waals surface area contributed by atoms with Gasteiger partial charge >= 0.3 is 122 Å². The molecule has 0 saturated heterocycles. The Balaban J connectivity index is 0.000000194. The van der Waals surface area contributed by atoms with Gasteiger partial charge in [-0.25, -0.2) is 0 Å². The van der Waals surface area contributed by atoms with E-state index >= 15 is 0 Å². The van der Waals surface area contributed by atoms with Crippen molar-refractivity contribution in [3.8, 4) is 22.3 Å². The molecule has 7 rings (SSSR count). The van der Waals surface area contributed by atoms with Crippen LogP contribution in [0.2, 0.25) is 0 Å². The zero-order chi connectivity index (χ0) is 35.4. The number of para-hydroxylation sites is 1. The molecule has 1 N–H and O–H groups in total. The molecule has 4 nitrogen and oxygen atoms in total. The van der Waals surface area contributed by atoms with Crippen LogP contribution in [0, 0.1) is 12.8 Å². The molecule has 0 aromatic heterocycles. The summed E-state index contributed by atoms with van der Waals surface area (Å²) in [6.45, 7) is 9.48. The Morgan fingerprint density at radius 1 is 0.820 bits per heavy atom. The SMILES string of the molecule is CS(=O)(=O)[O][Po]1[NH]c2ccccc2-c2cccc[c]21.Cc1cc(P)c(-c2ccccc2[PH+](C2CCCCC2)C2CCC[C@H](C)C2)c(C(C)C)c1. The second-order valence-corrected chi connectivity index (χ2v) is 26.4. The van der Waals surface area contributed by atoms with Crippen molar-refractivity contribution >= 4 is 69.6 Å². The average Bonchev–Trinajstić information content (AvgIpc) is 3.09. The van der Waals surface area contributed by atoms with Gasteiger partial charge in [-0.1, -0.05) is 69.5 Å². The maximum absolute atomic E-state index is 11.4. The van der Waals surface area contributed by atoms with Gasteiger partial charge in [-0.3, -0.25) is 0 Å².